The lowest BCUT2D eigenvalue weighted by atomic mass is 9.35. The summed E-state index contributed by atoms with van der Waals surface area (Å²) in [5.74, 6) is 0. The third-order valence-electron chi connectivity index (χ3n) is 16.9. The first kappa shape index (κ1) is 43.8. The molecule has 2 aliphatic carbocycles. The SMILES string of the molecule is CC(C)(C)c1ccc(N2c3cc4c(cc3B3c5oc6cc7c(cc6c5N(c5ccccc5)c5cc(N(c6ccccc6)c6ccccc6)cc2c53)C(C)(C)CCC7(C)C)C(C)(C)CCC4(C)C)cc1. The monoisotopic (exact) mass is 904 g/mol. The van der Waals surface area contributed by atoms with E-state index in [0.29, 0.717) is 0 Å². The number of fused-ring (bicyclic) bond motifs is 8. The Morgan fingerprint density at radius 3 is 1.48 bits per heavy atom. The summed E-state index contributed by atoms with van der Waals surface area (Å²) in [4.78, 5) is 7.60. The topological polar surface area (TPSA) is 22.9 Å². The fraction of sp³-hybridized carbons (Fsp3) is 0.312. The average molecular weight is 904 g/mol. The van der Waals surface area contributed by atoms with Crippen LogP contribution < -0.4 is 31.3 Å². The molecule has 5 heteroatoms. The Balaban J connectivity index is 1.25. The fourth-order valence-electron chi connectivity index (χ4n) is 12.6. The van der Waals surface area contributed by atoms with Crippen molar-refractivity contribution in [2.24, 2.45) is 0 Å². The van der Waals surface area contributed by atoms with Crippen LogP contribution in [0.1, 0.15) is 130 Å². The normalized spacial score (nSPS) is 17.9. The van der Waals surface area contributed by atoms with Gasteiger partial charge in [0, 0.05) is 45.2 Å². The summed E-state index contributed by atoms with van der Waals surface area (Å²) in [6, 6.07) is 57.4. The highest BCUT2D eigenvalue weighted by Gasteiger charge is 2.50. The van der Waals surface area contributed by atoms with E-state index in [1.807, 2.05) is 0 Å². The minimum atomic E-state index is -0.169. The number of para-hydroxylation sites is 3. The minimum Gasteiger partial charge on any atom is -0.468 e. The summed E-state index contributed by atoms with van der Waals surface area (Å²) in [6.45, 7) is 26.3. The molecular weight excluding hydrogens is 838 g/mol. The van der Waals surface area contributed by atoms with Crippen LogP contribution in [-0.2, 0) is 27.1 Å². The smallest absolute Gasteiger partial charge is 0.297 e. The van der Waals surface area contributed by atoms with E-state index in [1.54, 1.807) is 0 Å². The second kappa shape index (κ2) is 15.0. The van der Waals surface area contributed by atoms with Crippen molar-refractivity contribution in [1.82, 2.24) is 0 Å². The summed E-state index contributed by atoms with van der Waals surface area (Å²) in [7, 11) is 0. The van der Waals surface area contributed by atoms with Crippen molar-refractivity contribution >= 4 is 85.5 Å². The highest BCUT2D eigenvalue weighted by molar-refractivity contribution is 7.00. The molecule has 0 fully saturated rings. The molecule has 2 aliphatic heterocycles. The molecule has 0 saturated heterocycles. The summed E-state index contributed by atoms with van der Waals surface area (Å²) >= 11 is 0. The maximum absolute atomic E-state index is 7.65. The maximum Gasteiger partial charge on any atom is 0.297 e. The number of benzene rings is 7. The van der Waals surface area contributed by atoms with Crippen LogP contribution in [0, 0.1) is 0 Å². The van der Waals surface area contributed by atoms with Crippen molar-refractivity contribution in [2.75, 3.05) is 14.7 Å². The Hall–Kier alpha value is -6.46. The first-order valence-corrected chi connectivity index (χ1v) is 25.5. The van der Waals surface area contributed by atoms with E-state index < -0.39 is 0 Å². The van der Waals surface area contributed by atoms with Gasteiger partial charge in [-0.3, -0.25) is 0 Å². The van der Waals surface area contributed by atoms with E-state index in [1.165, 1.54) is 61.2 Å². The molecule has 0 unspecified atom stereocenters. The highest BCUT2D eigenvalue weighted by Crippen LogP contribution is 2.54. The van der Waals surface area contributed by atoms with Crippen molar-refractivity contribution in [3.8, 4) is 0 Å². The zero-order valence-electron chi connectivity index (χ0n) is 42.6. The van der Waals surface area contributed by atoms with Crippen LogP contribution in [0.2, 0.25) is 0 Å². The van der Waals surface area contributed by atoms with Crippen LogP contribution in [0.5, 0.6) is 0 Å². The van der Waals surface area contributed by atoms with Crippen LogP contribution >= 0.6 is 0 Å². The van der Waals surface area contributed by atoms with Crippen molar-refractivity contribution in [3.63, 3.8) is 0 Å². The molecule has 0 radical (unpaired) electrons. The van der Waals surface area contributed by atoms with E-state index in [2.05, 4.69) is 243 Å². The number of nitrogens with zero attached hydrogens (tertiary/aromatic N) is 3. The molecule has 0 atom stereocenters. The van der Waals surface area contributed by atoms with Gasteiger partial charge in [0.15, 0.2) is 0 Å². The Bertz CT molecular complexity index is 3280. The van der Waals surface area contributed by atoms with E-state index in [0.717, 1.165) is 71.1 Å². The van der Waals surface area contributed by atoms with Crippen LogP contribution in [0.25, 0.3) is 11.0 Å². The third-order valence-corrected chi connectivity index (χ3v) is 16.9. The molecular formula is C64H66BN3O. The number of hydrogen-bond donors (Lipinski definition) is 0. The molecule has 0 spiro atoms. The first-order chi connectivity index (χ1) is 32.8. The van der Waals surface area contributed by atoms with Gasteiger partial charge >= 0.3 is 0 Å². The second-order valence-corrected chi connectivity index (χ2v) is 24.3. The fourth-order valence-corrected chi connectivity index (χ4v) is 12.6. The molecule has 4 aliphatic rings. The number of furan rings is 1. The molecule has 7 aromatic carbocycles. The maximum atomic E-state index is 7.65. The van der Waals surface area contributed by atoms with Crippen molar-refractivity contribution < 1.29 is 4.42 Å². The van der Waals surface area contributed by atoms with Crippen LogP contribution in [0.4, 0.5) is 51.2 Å². The summed E-state index contributed by atoms with van der Waals surface area (Å²) in [5.41, 5.74) is 22.0. The van der Waals surface area contributed by atoms with Crippen molar-refractivity contribution in [3.05, 3.63) is 179 Å². The van der Waals surface area contributed by atoms with Gasteiger partial charge < -0.3 is 19.1 Å². The average Bonchev–Trinajstić information content (AvgIpc) is 3.70. The van der Waals surface area contributed by atoms with E-state index in [-0.39, 0.29) is 33.8 Å². The third kappa shape index (κ3) is 6.77. The van der Waals surface area contributed by atoms with Crippen LogP contribution in [-0.4, -0.2) is 6.71 Å². The van der Waals surface area contributed by atoms with Gasteiger partial charge in [0.2, 0.25) is 0 Å². The molecule has 0 bridgehead atoms. The van der Waals surface area contributed by atoms with Crippen molar-refractivity contribution in [1.29, 1.82) is 0 Å². The van der Waals surface area contributed by atoms with Gasteiger partial charge in [-0.2, -0.15) is 0 Å². The lowest BCUT2D eigenvalue weighted by Gasteiger charge is -2.47. The predicted octanol–water partition coefficient (Wildman–Crippen LogP) is 16.0. The van der Waals surface area contributed by atoms with Gasteiger partial charge in [0.1, 0.15) is 5.58 Å². The molecule has 346 valence electrons. The lowest BCUT2D eigenvalue weighted by Crippen LogP contribution is -2.61. The van der Waals surface area contributed by atoms with Gasteiger partial charge in [-0.05, 0) is 170 Å². The minimum absolute atomic E-state index is 0.00617. The molecule has 4 nitrogen and oxygen atoms in total. The summed E-state index contributed by atoms with van der Waals surface area (Å²) in [6.07, 6.45) is 4.57. The van der Waals surface area contributed by atoms with Crippen LogP contribution in [0.3, 0.4) is 0 Å². The molecule has 12 rings (SSSR count). The molecule has 1 aromatic heterocycles. The Labute approximate surface area is 411 Å². The zero-order valence-corrected chi connectivity index (χ0v) is 42.6. The van der Waals surface area contributed by atoms with E-state index >= 15 is 0 Å². The summed E-state index contributed by atoms with van der Waals surface area (Å²) in [5, 5.41) is 1.18. The molecule has 3 heterocycles. The lowest BCUT2D eigenvalue weighted by molar-refractivity contribution is 0.332. The number of rotatable bonds is 5. The largest absolute Gasteiger partial charge is 0.468 e. The molecule has 69 heavy (non-hydrogen) atoms. The van der Waals surface area contributed by atoms with Gasteiger partial charge in [-0.25, -0.2) is 0 Å². The molecule has 0 saturated carbocycles. The number of anilines is 9. The highest BCUT2D eigenvalue weighted by atomic mass is 16.3. The van der Waals surface area contributed by atoms with E-state index in [4.69, 9.17) is 4.42 Å². The molecule has 0 amide bonds. The van der Waals surface area contributed by atoms with Crippen LogP contribution in [0.15, 0.2) is 156 Å². The Kier molecular flexibility index (Phi) is 9.54. The Morgan fingerprint density at radius 1 is 0.478 bits per heavy atom. The molecule has 0 N–H and O–H groups in total. The zero-order chi connectivity index (χ0) is 48.0. The second-order valence-electron chi connectivity index (χ2n) is 24.3. The van der Waals surface area contributed by atoms with Gasteiger partial charge in [-0.15, -0.1) is 0 Å². The summed E-state index contributed by atoms with van der Waals surface area (Å²) < 4.78 is 7.65. The predicted molar refractivity (Wildman–Crippen MR) is 294 cm³/mol. The van der Waals surface area contributed by atoms with Gasteiger partial charge in [0.25, 0.3) is 6.71 Å². The quantitative estimate of drug-likeness (QED) is 0.161. The first-order valence-electron chi connectivity index (χ1n) is 25.5. The van der Waals surface area contributed by atoms with Gasteiger partial charge in [0.05, 0.1) is 17.0 Å². The van der Waals surface area contributed by atoms with Crippen molar-refractivity contribution in [2.45, 2.75) is 129 Å². The number of hydrogen-bond acceptors (Lipinski definition) is 4. The van der Waals surface area contributed by atoms with E-state index in [9.17, 15) is 0 Å². The molecule has 8 aromatic rings. The van der Waals surface area contributed by atoms with Gasteiger partial charge in [-0.1, -0.05) is 149 Å². The Morgan fingerprint density at radius 2 is 0.942 bits per heavy atom. The standard InChI is InChI=1S/C64H66BN3O/c1-60(2,3)41-27-29-45(30-28-41)67-53-39-50-49(62(6,7)32-33-63(50,8)9)38-52(53)65-57-54(67)35-46(66(42-21-15-12-16-22-42)43-23-17-13-18-24-43)36-55(57)68(44-25-19-14-20-26-44)58-47-37-48-51(40-56(47)69-59(58)65)64(10,11)34-31-61(48,4)5/h12-30,35-40H,31-34H2,1-11H3.